The summed E-state index contributed by atoms with van der Waals surface area (Å²) < 4.78 is 6.51. The predicted molar refractivity (Wildman–Crippen MR) is 228 cm³/mol. The Balaban J connectivity index is 1.29. The molecule has 10 rings (SSSR count). The summed E-state index contributed by atoms with van der Waals surface area (Å²) in [6.07, 6.45) is 0. The lowest BCUT2D eigenvalue weighted by Crippen LogP contribution is -2.12. The van der Waals surface area contributed by atoms with E-state index in [1.54, 1.807) is 0 Å². The maximum Gasteiger partial charge on any atom is 0.136 e. The highest BCUT2D eigenvalue weighted by atomic mass is 16.3. The van der Waals surface area contributed by atoms with Gasteiger partial charge in [-0.3, -0.25) is 0 Å². The Hall–Kier alpha value is -7.16. The zero-order valence-corrected chi connectivity index (χ0v) is 29.6. The molecule has 0 aliphatic heterocycles. The van der Waals surface area contributed by atoms with Crippen LogP contribution in [0.25, 0.3) is 77.2 Å². The molecule has 2 nitrogen and oxygen atoms in total. The molecule has 0 amide bonds. The number of rotatable bonds is 7. The van der Waals surface area contributed by atoms with Crippen LogP contribution in [0.5, 0.6) is 0 Å². The molecule has 254 valence electrons. The number of benzene rings is 9. The zero-order chi connectivity index (χ0) is 35.8. The first-order chi connectivity index (χ1) is 26.8. The van der Waals surface area contributed by atoms with E-state index in [0.717, 1.165) is 61.3 Å². The Kier molecular flexibility index (Phi) is 7.85. The van der Waals surface area contributed by atoms with E-state index in [1.807, 2.05) is 6.07 Å². The number of fused-ring (bicyclic) bond motifs is 4. The summed E-state index contributed by atoms with van der Waals surface area (Å²) in [4.78, 5) is 2.42. The van der Waals surface area contributed by atoms with Crippen LogP contribution in [0.15, 0.2) is 217 Å². The van der Waals surface area contributed by atoms with Gasteiger partial charge < -0.3 is 9.32 Å². The second-order valence-corrected chi connectivity index (χ2v) is 13.7. The summed E-state index contributed by atoms with van der Waals surface area (Å²) in [6.45, 7) is 0. The molecule has 0 spiro atoms. The van der Waals surface area contributed by atoms with Crippen LogP contribution in [0.2, 0.25) is 0 Å². The molecule has 0 atom stereocenters. The van der Waals surface area contributed by atoms with Crippen molar-refractivity contribution < 1.29 is 4.42 Å². The van der Waals surface area contributed by atoms with Crippen LogP contribution in [0.3, 0.4) is 0 Å². The molecule has 0 aliphatic rings. The number of furan rings is 1. The van der Waals surface area contributed by atoms with Crippen molar-refractivity contribution in [3.63, 3.8) is 0 Å². The summed E-state index contributed by atoms with van der Waals surface area (Å²) >= 11 is 0. The van der Waals surface area contributed by atoms with Gasteiger partial charge in [0.15, 0.2) is 0 Å². The van der Waals surface area contributed by atoms with Crippen LogP contribution in [0.4, 0.5) is 17.1 Å². The fraction of sp³-hybridized carbons (Fsp3) is 0. The van der Waals surface area contributed by atoms with Crippen molar-refractivity contribution in [3.8, 4) is 44.5 Å². The zero-order valence-electron chi connectivity index (χ0n) is 29.6. The highest BCUT2D eigenvalue weighted by Gasteiger charge is 2.24. The molecule has 9 aromatic carbocycles. The Morgan fingerprint density at radius 1 is 0.333 bits per heavy atom. The van der Waals surface area contributed by atoms with Gasteiger partial charge in [-0.25, -0.2) is 0 Å². The molecule has 10 aromatic rings. The third kappa shape index (κ3) is 5.53. The molecule has 0 fully saturated rings. The molecule has 1 heterocycles. The minimum atomic E-state index is 0.872. The molecule has 0 radical (unpaired) electrons. The van der Waals surface area contributed by atoms with Gasteiger partial charge in [0.1, 0.15) is 11.2 Å². The van der Waals surface area contributed by atoms with Crippen LogP contribution < -0.4 is 4.90 Å². The van der Waals surface area contributed by atoms with Gasteiger partial charge in [0.05, 0.1) is 5.69 Å². The molecule has 0 saturated heterocycles. The van der Waals surface area contributed by atoms with Crippen LogP contribution in [-0.4, -0.2) is 0 Å². The molecule has 1 aromatic heterocycles. The van der Waals surface area contributed by atoms with Gasteiger partial charge in [-0.2, -0.15) is 0 Å². The summed E-state index contributed by atoms with van der Waals surface area (Å²) in [6, 6.07) is 76.0. The number of hydrogen-bond acceptors (Lipinski definition) is 2. The quantitative estimate of drug-likeness (QED) is 0.166. The second kappa shape index (κ2) is 13.4. The molecule has 2 heteroatoms. The topological polar surface area (TPSA) is 16.4 Å². The van der Waals surface area contributed by atoms with Crippen LogP contribution in [-0.2, 0) is 0 Å². The first-order valence-corrected chi connectivity index (χ1v) is 18.4. The fourth-order valence-corrected chi connectivity index (χ4v) is 7.99. The van der Waals surface area contributed by atoms with Gasteiger partial charge in [0.2, 0.25) is 0 Å². The van der Waals surface area contributed by atoms with Gasteiger partial charge in [0.25, 0.3) is 0 Å². The lowest BCUT2D eigenvalue weighted by molar-refractivity contribution is 0.669. The monoisotopic (exact) mass is 689 g/mol. The lowest BCUT2D eigenvalue weighted by Gasteiger charge is -2.30. The maximum atomic E-state index is 6.51. The van der Waals surface area contributed by atoms with E-state index in [0.29, 0.717) is 0 Å². The van der Waals surface area contributed by atoms with E-state index < -0.39 is 0 Å². The third-order valence-corrected chi connectivity index (χ3v) is 10.5. The number of anilines is 3. The van der Waals surface area contributed by atoms with Crippen molar-refractivity contribution in [1.82, 2.24) is 0 Å². The van der Waals surface area contributed by atoms with E-state index in [9.17, 15) is 0 Å². The largest absolute Gasteiger partial charge is 0.456 e. The summed E-state index contributed by atoms with van der Waals surface area (Å²) in [5.74, 6) is 0. The molecule has 0 aliphatic carbocycles. The first-order valence-electron chi connectivity index (χ1n) is 18.4. The van der Waals surface area contributed by atoms with Gasteiger partial charge >= 0.3 is 0 Å². The predicted octanol–water partition coefficient (Wildman–Crippen LogP) is 14.9. The second-order valence-electron chi connectivity index (χ2n) is 13.7. The van der Waals surface area contributed by atoms with E-state index in [-0.39, 0.29) is 0 Å². The number of nitrogens with zero attached hydrogens (tertiary/aromatic N) is 1. The standard InChI is InChI=1S/C52H35NO/c1-3-15-36(16-4-1)38-31-33-41(34-32-38)53(42-22-11-21-40(35-42)37-17-5-2-6-18-37)48-28-13-26-45(44-25-12-20-39-19-7-8-23-43(39)44)51(48)47-27-14-30-50-52(47)46-24-9-10-29-49(46)54-50/h1-35H. The number of hydrogen-bond donors (Lipinski definition) is 0. The Morgan fingerprint density at radius 3 is 1.70 bits per heavy atom. The minimum Gasteiger partial charge on any atom is -0.456 e. The molecule has 0 saturated carbocycles. The van der Waals surface area contributed by atoms with E-state index in [1.165, 1.54) is 33.0 Å². The Bertz CT molecular complexity index is 2920. The Labute approximate surface area is 314 Å². The van der Waals surface area contributed by atoms with Crippen molar-refractivity contribution in [1.29, 1.82) is 0 Å². The van der Waals surface area contributed by atoms with Crippen LogP contribution in [0.1, 0.15) is 0 Å². The molecular formula is C52H35NO. The Morgan fingerprint density at radius 2 is 0.889 bits per heavy atom. The van der Waals surface area contributed by atoms with Crippen molar-refractivity contribution in [3.05, 3.63) is 212 Å². The molecular weight excluding hydrogens is 655 g/mol. The van der Waals surface area contributed by atoms with Crippen LogP contribution >= 0.6 is 0 Å². The summed E-state index contributed by atoms with van der Waals surface area (Å²) in [5, 5.41) is 4.64. The minimum absolute atomic E-state index is 0.872. The fourth-order valence-electron chi connectivity index (χ4n) is 7.99. The summed E-state index contributed by atoms with van der Waals surface area (Å²) in [5.41, 5.74) is 14.3. The molecule has 0 bridgehead atoms. The molecule has 0 N–H and O–H groups in total. The van der Waals surface area contributed by atoms with Crippen LogP contribution in [0, 0.1) is 0 Å². The van der Waals surface area contributed by atoms with Gasteiger partial charge in [0, 0.05) is 27.7 Å². The summed E-state index contributed by atoms with van der Waals surface area (Å²) in [7, 11) is 0. The first kappa shape index (κ1) is 31.6. The number of para-hydroxylation sites is 1. The average Bonchev–Trinajstić information content (AvgIpc) is 3.64. The SMILES string of the molecule is c1ccc(-c2ccc(N(c3cccc(-c4ccccc4)c3)c3cccc(-c4cccc5ccccc45)c3-c3cccc4oc5ccccc5c34)cc2)cc1. The smallest absolute Gasteiger partial charge is 0.136 e. The van der Waals surface area contributed by atoms with Gasteiger partial charge in [-0.05, 0) is 92.2 Å². The van der Waals surface area contributed by atoms with Crippen molar-refractivity contribution in [2.45, 2.75) is 0 Å². The van der Waals surface area contributed by atoms with Crippen molar-refractivity contribution >= 4 is 49.8 Å². The van der Waals surface area contributed by atoms with Crippen molar-refractivity contribution in [2.24, 2.45) is 0 Å². The van der Waals surface area contributed by atoms with Gasteiger partial charge in [-0.1, -0.05) is 170 Å². The molecule has 54 heavy (non-hydrogen) atoms. The average molecular weight is 690 g/mol. The normalized spacial score (nSPS) is 11.3. The van der Waals surface area contributed by atoms with E-state index in [4.69, 9.17) is 4.42 Å². The van der Waals surface area contributed by atoms with Gasteiger partial charge in [-0.15, -0.1) is 0 Å². The highest BCUT2D eigenvalue weighted by molar-refractivity contribution is 6.16. The highest BCUT2D eigenvalue weighted by Crippen LogP contribution is 2.50. The lowest BCUT2D eigenvalue weighted by atomic mass is 9.88. The van der Waals surface area contributed by atoms with E-state index >= 15 is 0 Å². The van der Waals surface area contributed by atoms with E-state index in [2.05, 4.69) is 211 Å². The maximum absolute atomic E-state index is 6.51. The third-order valence-electron chi connectivity index (χ3n) is 10.5. The molecule has 0 unspecified atom stereocenters. The van der Waals surface area contributed by atoms with Crippen molar-refractivity contribution in [2.75, 3.05) is 4.90 Å².